The molecule has 1 unspecified atom stereocenters. The summed E-state index contributed by atoms with van der Waals surface area (Å²) in [5.41, 5.74) is 0.959. The summed E-state index contributed by atoms with van der Waals surface area (Å²) in [5.74, 6) is -0.951. The van der Waals surface area contributed by atoms with E-state index in [2.05, 4.69) is 6.92 Å². The minimum absolute atomic E-state index is 0.00869. The Morgan fingerprint density at radius 1 is 0.789 bits per heavy atom. The molecule has 0 bridgehead atoms. The Morgan fingerprint density at radius 3 is 2.11 bits per heavy atom. The molecule has 0 aliphatic heterocycles. The van der Waals surface area contributed by atoms with E-state index in [9.17, 15) is 14.4 Å². The van der Waals surface area contributed by atoms with E-state index in [1.165, 1.54) is 32.1 Å². The molecule has 0 radical (unpaired) electrons. The molecule has 7 nitrogen and oxygen atoms in total. The maximum Gasteiger partial charge on any atom is 0.341 e. The predicted molar refractivity (Wildman–Crippen MR) is 148 cm³/mol. The second kappa shape index (κ2) is 15.3. The molecular weight excluding hydrogens is 484 g/mol. The fourth-order valence-corrected chi connectivity index (χ4v) is 4.64. The molecule has 0 fully saturated rings. The van der Waals surface area contributed by atoms with Crippen LogP contribution >= 0.6 is 0 Å². The molecule has 2 aromatic carbocycles. The number of carbonyl (C=O) groups excluding carboxylic acids is 2. The van der Waals surface area contributed by atoms with Crippen LogP contribution in [0.5, 0.6) is 0 Å². The average Bonchev–Trinajstić information content (AvgIpc) is 2.91. The van der Waals surface area contributed by atoms with E-state index in [1.807, 2.05) is 0 Å². The zero-order valence-electron chi connectivity index (χ0n) is 22.9. The van der Waals surface area contributed by atoms with Crippen LogP contribution in [0.4, 0.5) is 0 Å². The van der Waals surface area contributed by atoms with Gasteiger partial charge in [-0.1, -0.05) is 70.1 Å². The summed E-state index contributed by atoms with van der Waals surface area (Å²) in [6.07, 6.45) is 8.71. The van der Waals surface area contributed by atoms with Crippen molar-refractivity contribution in [2.75, 3.05) is 19.8 Å². The standard InChI is InChI=1S/C31H40O7/c1-4-7-8-9-10-11-12-13-20-37-26(21-27(32)35-5-2)22-16-14-17-23-28(33)24-18-15-19-25(31(34)36-6-3)30(24)38-29(22)23/h14-19,26H,4-13,20-21H2,1-3H3. The first kappa shape index (κ1) is 29.4. The number of benzene rings is 2. The van der Waals surface area contributed by atoms with Crippen LogP contribution < -0.4 is 5.43 Å². The van der Waals surface area contributed by atoms with Crippen LogP contribution in [0.3, 0.4) is 0 Å². The molecule has 0 saturated heterocycles. The molecule has 0 N–H and O–H groups in total. The maximum absolute atomic E-state index is 13.4. The van der Waals surface area contributed by atoms with Crippen LogP contribution in [0.1, 0.15) is 101 Å². The Hall–Kier alpha value is -3.19. The molecule has 0 spiro atoms. The number of fused-ring (bicyclic) bond motifs is 2. The quantitative estimate of drug-likeness (QED) is 0.110. The SMILES string of the molecule is CCCCCCCCCCOC(CC(=O)OCC)c1cccc2c(=O)c3cccc(C(=O)OCC)c3oc12. The average molecular weight is 525 g/mol. The van der Waals surface area contributed by atoms with E-state index in [1.54, 1.807) is 50.2 Å². The van der Waals surface area contributed by atoms with Gasteiger partial charge in [-0.2, -0.15) is 0 Å². The van der Waals surface area contributed by atoms with Crippen molar-refractivity contribution in [3.8, 4) is 0 Å². The highest BCUT2D eigenvalue weighted by atomic mass is 16.5. The van der Waals surface area contributed by atoms with Crippen LogP contribution in [0, 0.1) is 0 Å². The Bertz CT molecular complexity index is 1260. The molecule has 3 rings (SSSR count). The highest BCUT2D eigenvalue weighted by Crippen LogP contribution is 2.32. The molecule has 0 aliphatic carbocycles. The minimum Gasteiger partial charge on any atom is -0.466 e. The highest BCUT2D eigenvalue weighted by Gasteiger charge is 2.24. The molecule has 0 aliphatic rings. The van der Waals surface area contributed by atoms with Crippen LogP contribution in [0.2, 0.25) is 0 Å². The zero-order chi connectivity index (χ0) is 27.3. The lowest BCUT2D eigenvalue weighted by Gasteiger charge is -2.19. The third-order valence-electron chi connectivity index (χ3n) is 6.57. The van der Waals surface area contributed by atoms with Gasteiger partial charge in [0, 0.05) is 12.2 Å². The van der Waals surface area contributed by atoms with Crippen molar-refractivity contribution in [2.45, 2.75) is 84.7 Å². The Morgan fingerprint density at radius 2 is 1.42 bits per heavy atom. The van der Waals surface area contributed by atoms with Gasteiger partial charge in [0.25, 0.3) is 0 Å². The summed E-state index contributed by atoms with van der Waals surface area (Å²) in [6.45, 7) is 6.63. The normalized spacial score (nSPS) is 12.1. The van der Waals surface area contributed by atoms with Crippen molar-refractivity contribution in [2.24, 2.45) is 0 Å². The van der Waals surface area contributed by atoms with Gasteiger partial charge in [-0.05, 0) is 38.5 Å². The first-order valence-electron chi connectivity index (χ1n) is 13.9. The predicted octanol–water partition coefficient (Wildman–Crippen LogP) is 7.27. The zero-order valence-corrected chi connectivity index (χ0v) is 22.9. The lowest BCUT2D eigenvalue weighted by Crippen LogP contribution is -2.15. The van der Waals surface area contributed by atoms with Gasteiger partial charge in [-0.25, -0.2) is 4.79 Å². The van der Waals surface area contributed by atoms with Crippen molar-refractivity contribution >= 4 is 33.9 Å². The minimum atomic E-state index is -0.655. The summed E-state index contributed by atoms with van der Waals surface area (Å²) in [5, 5.41) is 0.655. The fraction of sp³-hybridized carbons (Fsp3) is 0.516. The monoisotopic (exact) mass is 524 g/mol. The van der Waals surface area contributed by atoms with Gasteiger partial charge in [-0.3, -0.25) is 9.59 Å². The number of hydrogen-bond donors (Lipinski definition) is 0. The van der Waals surface area contributed by atoms with Crippen molar-refractivity contribution < 1.29 is 28.2 Å². The third kappa shape index (κ3) is 7.67. The van der Waals surface area contributed by atoms with Crippen LogP contribution in [0.25, 0.3) is 21.9 Å². The van der Waals surface area contributed by atoms with Gasteiger partial charge in [0.1, 0.15) is 11.1 Å². The van der Waals surface area contributed by atoms with Gasteiger partial charge >= 0.3 is 11.9 Å². The fourth-order valence-electron chi connectivity index (χ4n) is 4.64. The first-order valence-corrected chi connectivity index (χ1v) is 13.9. The third-order valence-corrected chi connectivity index (χ3v) is 6.57. The van der Waals surface area contributed by atoms with E-state index in [-0.39, 0.29) is 42.2 Å². The van der Waals surface area contributed by atoms with Gasteiger partial charge in [0.2, 0.25) is 5.43 Å². The molecule has 206 valence electrons. The van der Waals surface area contributed by atoms with Gasteiger partial charge in [-0.15, -0.1) is 0 Å². The van der Waals surface area contributed by atoms with Crippen molar-refractivity contribution in [1.29, 1.82) is 0 Å². The second-order valence-corrected chi connectivity index (χ2v) is 9.40. The van der Waals surface area contributed by atoms with Gasteiger partial charge in [0.05, 0.1) is 36.5 Å². The van der Waals surface area contributed by atoms with E-state index < -0.39 is 12.1 Å². The number of hydrogen-bond acceptors (Lipinski definition) is 7. The summed E-state index contributed by atoms with van der Waals surface area (Å²) in [4.78, 5) is 38.4. The Kier molecular flexibility index (Phi) is 11.8. The number of esters is 2. The molecule has 38 heavy (non-hydrogen) atoms. The summed E-state index contributed by atoms with van der Waals surface area (Å²) in [6, 6.07) is 10.1. The molecular formula is C31H40O7. The van der Waals surface area contributed by atoms with Crippen molar-refractivity contribution in [3.63, 3.8) is 0 Å². The number of ether oxygens (including phenoxy) is 3. The maximum atomic E-state index is 13.4. The van der Waals surface area contributed by atoms with Gasteiger partial charge in [0.15, 0.2) is 5.58 Å². The lowest BCUT2D eigenvalue weighted by atomic mass is 10.0. The molecule has 1 aromatic heterocycles. The topological polar surface area (TPSA) is 92.0 Å². The molecule has 0 saturated carbocycles. The van der Waals surface area contributed by atoms with E-state index >= 15 is 0 Å². The summed E-state index contributed by atoms with van der Waals surface area (Å²) < 4.78 is 22.8. The van der Waals surface area contributed by atoms with Crippen molar-refractivity contribution in [3.05, 3.63) is 57.7 Å². The lowest BCUT2D eigenvalue weighted by molar-refractivity contribution is -0.146. The summed E-state index contributed by atoms with van der Waals surface area (Å²) >= 11 is 0. The number of carbonyl (C=O) groups is 2. The number of rotatable bonds is 16. The molecule has 1 atom stereocenters. The summed E-state index contributed by atoms with van der Waals surface area (Å²) in [7, 11) is 0. The van der Waals surface area contributed by atoms with Crippen molar-refractivity contribution in [1.82, 2.24) is 0 Å². The Labute approximate surface area is 224 Å². The number of unbranched alkanes of at least 4 members (excludes halogenated alkanes) is 7. The first-order chi connectivity index (χ1) is 18.5. The van der Waals surface area contributed by atoms with Crippen LogP contribution in [0.15, 0.2) is 45.6 Å². The van der Waals surface area contributed by atoms with Crippen LogP contribution in [-0.4, -0.2) is 31.8 Å². The highest BCUT2D eigenvalue weighted by molar-refractivity contribution is 6.04. The van der Waals surface area contributed by atoms with E-state index in [0.29, 0.717) is 28.5 Å². The van der Waals surface area contributed by atoms with E-state index in [4.69, 9.17) is 18.6 Å². The number of para-hydroxylation sites is 2. The van der Waals surface area contributed by atoms with Gasteiger partial charge < -0.3 is 18.6 Å². The molecule has 3 aromatic rings. The largest absolute Gasteiger partial charge is 0.466 e. The van der Waals surface area contributed by atoms with E-state index in [0.717, 1.165) is 19.3 Å². The molecule has 1 heterocycles. The molecule has 0 amide bonds. The molecule has 7 heteroatoms. The smallest absolute Gasteiger partial charge is 0.341 e. The second-order valence-electron chi connectivity index (χ2n) is 9.40. The van der Waals surface area contributed by atoms with Crippen LogP contribution in [-0.2, 0) is 19.0 Å². The Balaban J connectivity index is 1.89.